The first-order valence-corrected chi connectivity index (χ1v) is 13.6. The molecule has 0 radical (unpaired) electrons. The van der Waals surface area contributed by atoms with Gasteiger partial charge in [0, 0.05) is 49.6 Å². The van der Waals surface area contributed by atoms with E-state index in [-0.39, 0.29) is 11.3 Å². The van der Waals surface area contributed by atoms with Crippen molar-refractivity contribution < 1.29 is 4.79 Å². The first-order valence-electron chi connectivity index (χ1n) is 12.8. The lowest BCUT2D eigenvalue weighted by Crippen LogP contribution is -2.47. The molecule has 2 aromatic carbocycles. The van der Waals surface area contributed by atoms with E-state index in [1.54, 1.807) is 11.5 Å². The van der Waals surface area contributed by atoms with E-state index in [4.69, 9.17) is 4.37 Å². The summed E-state index contributed by atoms with van der Waals surface area (Å²) in [4.78, 5) is 17.5. The van der Waals surface area contributed by atoms with Crippen LogP contribution >= 0.6 is 11.5 Å². The minimum absolute atomic E-state index is 0.0797. The second-order valence-electron chi connectivity index (χ2n) is 10.7. The summed E-state index contributed by atoms with van der Waals surface area (Å²) in [5, 5.41) is 4.61. The van der Waals surface area contributed by atoms with Crippen LogP contribution in [0.2, 0.25) is 0 Å². The maximum Gasteiger partial charge on any atom is 0.226 e. The van der Waals surface area contributed by atoms with Gasteiger partial charge in [-0.3, -0.25) is 9.69 Å². The molecule has 1 atom stereocenters. The molecule has 2 heterocycles. The Hall–Kier alpha value is -2.44. The second-order valence-corrected chi connectivity index (χ2v) is 11.5. The molecular formula is C28H34N4OS. The molecule has 1 aliphatic heterocycles. The molecule has 6 heteroatoms. The van der Waals surface area contributed by atoms with Crippen molar-refractivity contribution in [2.45, 2.75) is 51.5 Å². The van der Waals surface area contributed by atoms with Gasteiger partial charge in [0.15, 0.2) is 0 Å². The number of amides is 1. The molecule has 2 aliphatic carbocycles. The third-order valence-electron chi connectivity index (χ3n) is 8.13. The van der Waals surface area contributed by atoms with Crippen molar-refractivity contribution in [3.05, 3.63) is 59.2 Å². The van der Waals surface area contributed by atoms with Crippen LogP contribution in [-0.4, -0.2) is 53.9 Å². The highest BCUT2D eigenvalue weighted by molar-refractivity contribution is 7.13. The molecule has 1 unspecified atom stereocenters. The van der Waals surface area contributed by atoms with Crippen LogP contribution in [0.1, 0.15) is 42.9 Å². The molecule has 0 spiro atoms. The van der Waals surface area contributed by atoms with Crippen molar-refractivity contribution in [2.24, 2.45) is 5.41 Å². The first-order chi connectivity index (χ1) is 16.6. The summed E-state index contributed by atoms with van der Waals surface area (Å²) >= 11 is 1.61. The van der Waals surface area contributed by atoms with E-state index in [1.165, 1.54) is 26.8 Å². The Labute approximate surface area is 206 Å². The van der Waals surface area contributed by atoms with Gasteiger partial charge in [-0.2, -0.15) is 4.37 Å². The van der Waals surface area contributed by atoms with E-state index >= 15 is 0 Å². The maximum atomic E-state index is 12.4. The molecule has 3 aliphatic rings. The molecule has 0 bridgehead atoms. The van der Waals surface area contributed by atoms with Gasteiger partial charge in [-0.1, -0.05) is 37.3 Å². The number of aromatic nitrogens is 1. The molecule has 178 valence electrons. The van der Waals surface area contributed by atoms with Crippen molar-refractivity contribution in [3.8, 4) is 0 Å². The Balaban J connectivity index is 1.00. The van der Waals surface area contributed by atoms with E-state index in [2.05, 4.69) is 64.5 Å². The Morgan fingerprint density at radius 3 is 2.76 bits per heavy atom. The first kappa shape index (κ1) is 22.1. The molecule has 1 saturated heterocycles. The summed E-state index contributed by atoms with van der Waals surface area (Å²) in [7, 11) is 0. The van der Waals surface area contributed by atoms with Gasteiger partial charge in [-0.05, 0) is 78.9 Å². The summed E-state index contributed by atoms with van der Waals surface area (Å²) < 4.78 is 6.02. The summed E-state index contributed by atoms with van der Waals surface area (Å²) in [6.07, 6.45) is 6.30. The number of anilines is 1. The van der Waals surface area contributed by atoms with Crippen LogP contribution in [0.3, 0.4) is 0 Å². The number of nitrogens with zero attached hydrogens (tertiary/aromatic N) is 3. The third kappa shape index (κ3) is 4.46. The number of nitrogens with one attached hydrogen (secondary N) is 1. The minimum atomic E-state index is -0.0797. The quantitative estimate of drug-likeness (QED) is 0.574. The van der Waals surface area contributed by atoms with E-state index in [1.807, 2.05) is 0 Å². The summed E-state index contributed by atoms with van der Waals surface area (Å²) in [6.45, 7) is 7.48. The number of aryl methyl sites for hydroxylation is 1. The second kappa shape index (κ2) is 8.97. The Bertz CT molecular complexity index is 1190. The lowest BCUT2D eigenvalue weighted by Gasteiger charge is -2.35. The number of piperazine rings is 1. The van der Waals surface area contributed by atoms with E-state index in [9.17, 15) is 4.79 Å². The average Bonchev–Trinajstić information content (AvgIpc) is 3.48. The molecule has 6 rings (SSSR count). The highest BCUT2D eigenvalue weighted by Gasteiger charge is 2.45. The van der Waals surface area contributed by atoms with Crippen LogP contribution in [-0.2, 0) is 24.1 Å². The predicted octanol–water partition coefficient (Wildman–Crippen LogP) is 4.43. The highest BCUT2D eigenvalue weighted by atomic mass is 32.1. The minimum Gasteiger partial charge on any atom is -0.353 e. The van der Waals surface area contributed by atoms with Crippen molar-refractivity contribution in [1.82, 2.24) is 14.6 Å². The lowest BCUT2D eigenvalue weighted by molar-refractivity contribution is -0.126. The van der Waals surface area contributed by atoms with E-state index in [0.29, 0.717) is 6.04 Å². The van der Waals surface area contributed by atoms with E-state index in [0.717, 1.165) is 77.1 Å². The molecule has 1 amide bonds. The molecule has 1 aromatic heterocycles. The van der Waals surface area contributed by atoms with Crippen LogP contribution in [0.25, 0.3) is 10.1 Å². The van der Waals surface area contributed by atoms with Gasteiger partial charge >= 0.3 is 0 Å². The zero-order valence-electron chi connectivity index (χ0n) is 20.1. The number of rotatable bonds is 6. The largest absolute Gasteiger partial charge is 0.353 e. The number of benzene rings is 2. The number of hydrogen-bond donors (Lipinski definition) is 1. The predicted molar refractivity (Wildman–Crippen MR) is 140 cm³/mol. The maximum absolute atomic E-state index is 12.4. The van der Waals surface area contributed by atoms with Crippen molar-refractivity contribution in [2.75, 3.05) is 37.6 Å². The number of carbonyl (C=O) groups excluding carboxylic acids is 1. The smallest absolute Gasteiger partial charge is 0.226 e. The molecule has 34 heavy (non-hydrogen) atoms. The highest BCUT2D eigenvalue weighted by Crippen LogP contribution is 2.45. The van der Waals surface area contributed by atoms with Gasteiger partial charge < -0.3 is 10.2 Å². The number of carbonyl (C=O) groups is 1. The van der Waals surface area contributed by atoms with Crippen LogP contribution in [0, 0.1) is 5.41 Å². The molecule has 1 saturated carbocycles. The standard InChI is InChI=1S/C28H34N4OS/c1-28(11-12-28)27(33)29-23-9-8-21-18-20(6-7-22(21)19-23)10-13-31-14-16-32(17-15-31)26-24-4-2-3-5-25(24)34-30-26/h2-7,18,23H,8-17,19H2,1H3,(H,29,33). The van der Waals surface area contributed by atoms with Crippen LogP contribution in [0.15, 0.2) is 42.5 Å². The zero-order chi connectivity index (χ0) is 23.1. The Morgan fingerprint density at radius 1 is 1.12 bits per heavy atom. The fraction of sp³-hybridized carbons (Fsp3) is 0.500. The van der Waals surface area contributed by atoms with Gasteiger partial charge in [0.2, 0.25) is 5.91 Å². The zero-order valence-corrected chi connectivity index (χ0v) is 20.9. The lowest BCUT2D eigenvalue weighted by atomic mass is 9.86. The number of hydrogen-bond acceptors (Lipinski definition) is 5. The van der Waals surface area contributed by atoms with Crippen molar-refractivity contribution in [3.63, 3.8) is 0 Å². The Kier molecular flexibility index (Phi) is 5.82. The van der Waals surface area contributed by atoms with Gasteiger partial charge in [0.05, 0.1) is 4.70 Å². The molecular weight excluding hydrogens is 440 g/mol. The van der Waals surface area contributed by atoms with Crippen LogP contribution in [0.5, 0.6) is 0 Å². The molecule has 3 aromatic rings. The van der Waals surface area contributed by atoms with Crippen LogP contribution < -0.4 is 10.2 Å². The van der Waals surface area contributed by atoms with Crippen LogP contribution in [0.4, 0.5) is 5.82 Å². The number of fused-ring (bicyclic) bond motifs is 2. The SMILES string of the molecule is CC1(C(=O)NC2CCc3cc(CCN4CCN(c5nsc6ccccc56)CC4)ccc3C2)CC1. The molecule has 5 nitrogen and oxygen atoms in total. The summed E-state index contributed by atoms with van der Waals surface area (Å²) in [5.74, 6) is 1.43. The normalized spacial score (nSPS) is 21.9. The third-order valence-corrected chi connectivity index (χ3v) is 8.95. The van der Waals surface area contributed by atoms with Gasteiger partial charge in [0.25, 0.3) is 0 Å². The fourth-order valence-corrected chi connectivity index (χ4v) is 6.23. The summed E-state index contributed by atoms with van der Waals surface area (Å²) in [5.41, 5.74) is 4.27. The fourth-order valence-electron chi connectivity index (χ4n) is 5.43. The molecule has 1 N–H and O–H groups in total. The van der Waals surface area contributed by atoms with E-state index < -0.39 is 0 Å². The van der Waals surface area contributed by atoms with Crippen molar-refractivity contribution in [1.29, 1.82) is 0 Å². The average molecular weight is 475 g/mol. The van der Waals surface area contributed by atoms with Crippen molar-refractivity contribution >= 4 is 33.3 Å². The molecule has 2 fully saturated rings. The monoisotopic (exact) mass is 474 g/mol. The van der Waals surface area contributed by atoms with Gasteiger partial charge in [-0.15, -0.1) is 0 Å². The summed E-state index contributed by atoms with van der Waals surface area (Å²) in [6, 6.07) is 15.9. The van der Waals surface area contributed by atoms with Gasteiger partial charge in [-0.25, -0.2) is 0 Å². The Morgan fingerprint density at radius 2 is 1.94 bits per heavy atom. The topological polar surface area (TPSA) is 48.5 Å². The van der Waals surface area contributed by atoms with Gasteiger partial charge in [0.1, 0.15) is 5.82 Å².